The van der Waals surface area contributed by atoms with Crippen LogP contribution in [0.1, 0.15) is 15.9 Å². The van der Waals surface area contributed by atoms with Gasteiger partial charge < -0.3 is 14.8 Å². The maximum atomic E-state index is 12.5. The van der Waals surface area contributed by atoms with Crippen LogP contribution < -0.4 is 14.8 Å². The van der Waals surface area contributed by atoms with E-state index in [2.05, 4.69) is 15.4 Å². The second-order valence-electron chi connectivity index (χ2n) is 6.09. The van der Waals surface area contributed by atoms with Gasteiger partial charge in [-0.25, -0.2) is 9.67 Å². The number of carbonyl (C=O) groups is 1. The number of carbonyl (C=O) groups excluding carboxylic acids is 1. The molecule has 0 spiro atoms. The number of methoxy groups -OCH3 is 1. The molecular formula is C20H18N4O3S. The number of thiazole rings is 1. The summed E-state index contributed by atoms with van der Waals surface area (Å²) >= 11 is 1.43. The Balaban J connectivity index is 1.40. The Kier molecular flexibility index (Phi) is 4.94. The quantitative estimate of drug-likeness (QED) is 0.539. The van der Waals surface area contributed by atoms with Crippen molar-refractivity contribution in [2.45, 2.75) is 6.54 Å². The lowest BCUT2D eigenvalue weighted by molar-refractivity contribution is 0.0951. The van der Waals surface area contributed by atoms with Gasteiger partial charge in [-0.05, 0) is 35.9 Å². The fourth-order valence-electron chi connectivity index (χ4n) is 2.88. The molecule has 4 rings (SSSR count). The van der Waals surface area contributed by atoms with Crippen LogP contribution in [0.3, 0.4) is 0 Å². The molecule has 0 atom stereocenters. The van der Waals surface area contributed by atoms with Gasteiger partial charge in [0.1, 0.15) is 5.75 Å². The number of nitrogens with zero attached hydrogens (tertiary/aromatic N) is 3. The summed E-state index contributed by atoms with van der Waals surface area (Å²) in [7, 11) is 3.41. The first-order valence-electron chi connectivity index (χ1n) is 8.59. The third-order valence-corrected chi connectivity index (χ3v) is 4.87. The molecule has 0 fully saturated rings. The predicted octanol–water partition coefficient (Wildman–Crippen LogP) is 3.76. The van der Waals surface area contributed by atoms with Crippen molar-refractivity contribution < 1.29 is 14.3 Å². The molecule has 0 radical (unpaired) electrons. The van der Waals surface area contributed by atoms with Crippen LogP contribution in [0.2, 0.25) is 0 Å². The predicted molar refractivity (Wildman–Crippen MR) is 107 cm³/mol. The summed E-state index contributed by atoms with van der Waals surface area (Å²) in [5.41, 5.74) is 2.24. The second-order valence-corrected chi connectivity index (χ2v) is 6.95. The van der Waals surface area contributed by atoms with Crippen LogP contribution in [0, 0.1) is 0 Å². The molecule has 0 bridgehead atoms. The number of fused-ring (bicyclic) bond motifs is 1. The number of amides is 1. The zero-order valence-electron chi connectivity index (χ0n) is 15.4. The van der Waals surface area contributed by atoms with E-state index in [1.807, 2.05) is 35.7 Å². The third kappa shape index (κ3) is 3.67. The van der Waals surface area contributed by atoms with Crippen molar-refractivity contribution >= 4 is 28.1 Å². The van der Waals surface area contributed by atoms with Crippen LogP contribution >= 0.6 is 11.3 Å². The molecule has 2 heterocycles. The van der Waals surface area contributed by atoms with Crippen LogP contribution in [0.25, 0.3) is 10.9 Å². The number of aromatic nitrogens is 3. The highest BCUT2D eigenvalue weighted by Gasteiger charge is 2.12. The average molecular weight is 394 g/mol. The normalized spacial score (nSPS) is 10.8. The Hall–Kier alpha value is -3.39. The first kappa shape index (κ1) is 18.0. The molecule has 0 aliphatic heterocycles. The second kappa shape index (κ2) is 7.69. The minimum atomic E-state index is -0.158. The number of nitrogens with one attached hydrogen (secondary N) is 1. The minimum Gasteiger partial charge on any atom is -0.481 e. The standard InChI is InChI=1S/C20H18N4O3S/c1-24-19(26-2)16-8-5-14(11-17(16)23-24)18(25)22-12-13-3-6-15(7-4-13)27-20-21-9-10-28-20/h3-11H,12H2,1-2H3,(H,22,25). The molecule has 2 aromatic heterocycles. The van der Waals surface area contributed by atoms with Gasteiger partial charge in [-0.1, -0.05) is 23.5 Å². The van der Waals surface area contributed by atoms with E-state index in [1.54, 1.807) is 37.2 Å². The summed E-state index contributed by atoms with van der Waals surface area (Å²) in [5, 5.41) is 10.6. The van der Waals surface area contributed by atoms with Crippen LogP contribution in [0.4, 0.5) is 0 Å². The van der Waals surface area contributed by atoms with Gasteiger partial charge in [0.2, 0.25) is 5.88 Å². The van der Waals surface area contributed by atoms with Gasteiger partial charge in [0.15, 0.2) is 0 Å². The van der Waals surface area contributed by atoms with Crippen molar-refractivity contribution in [3.05, 3.63) is 65.2 Å². The van der Waals surface area contributed by atoms with Gasteiger partial charge in [0.25, 0.3) is 11.1 Å². The molecule has 28 heavy (non-hydrogen) atoms. The molecule has 1 amide bonds. The molecule has 8 heteroatoms. The maximum Gasteiger partial charge on any atom is 0.278 e. The van der Waals surface area contributed by atoms with E-state index in [1.165, 1.54) is 11.3 Å². The van der Waals surface area contributed by atoms with Crippen LogP contribution in [0.5, 0.6) is 16.8 Å². The van der Waals surface area contributed by atoms with Crippen molar-refractivity contribution in [3.8, 4) is 16.8 Å². The highest BCUT2D eigenvalue weighted by Crippen LogP contribution is 2.25. The molecular weight excluding hydrogens is 376 g/mol. The Morgan fingerprint density at radius 2 is 2.04 bits per heavy atom. The lowest BCUT2D eigenvalue weighted by Gasteiger charge is -2.07. The fourth-order valence-corrected chi connectivity index (χ4v) is 3.39. The molecule has 0 aliphatic rings. The number of hydrogen-bond donors (Lipinski definition) is 1. The minimum absolute atomic E-state index is 0.158. The monoisotopic (exact) mass is 394 g/mol. The van der Waals surface area contributed by atoms with Crippen molar-refractivity contribution in [3.63, 3.8) is 0 Å². The van der Waals surface area contributed by atoms with Gasteiger partial charge in [0.05, 0.1) is 18.0 Å². The van der Waals surface area contributed by atoms with E-state index in [4.69, 9.17) is 9.47 Å². The number of ether oxygens (including phenoxy) is 2. The van der Waals surface area contributed by atoms with Crippen LogP contribution in [-0.4, -0.2) is 27.8 Å². The van der Waals surface area contributed by atoms with Crippen LogP contribution in [0.15, 0.2) is 54.0 Å². The van der Waals surface area contributed by atoms with E-state index in [0.717, 1.165) is 16.5 Å². The number of rotatable bonds is 6. The zero-order valence-corrected chi connectivity index (χ0v) is 16.2. The molecule has 4 aromatic rings. The van der Waals surface area contributed by atoms with E-state index in [-0.39, 0.29) is 5.91 Å². The van der Waals surface area contributed by atoms with E-state index in [0.29, 0.717) is 28.9 Å². The molecule has 0 unspecified atom stereocenters. The Labute approximate surface area is 165 Å². The smallest absolute Gasteiger partial charge is 0.278 e. The zero-order chi connectivity index (χ0) is 19.5. The van der Waals surface area contributed by atoms with Crippen molar-refractivity contribution in [1.29, 1.82) is 0 Å². The number of benzene rings is 2. The Morgan fingerprint density at radius 3 is 2.75 bits per heavy atom. The Morgan fingerprint density at radius 1 is 1.21 bits per heavy atom. The fraction of sp³-hybridized carbons (Fsp3) is 0.150. The Bertz CT molecular complexity index is 1100. The summed E-state index contributed by atoms with van der Waals surface area (Å²) in [6.45, 7) is 0.417. The van der Waals surface area contributed by atoms with Crippen molar-refractivity contribution in [2.24, 2.45) is 7.05 Å². The summed E-state index contributed by atoms with van der Waals surface area (Å²) < 4.78 is 12.6. The van der Waals surface area contributed by atoms with E-state index >= 15 is 0 Å². The topological polar surface area (TPSA) is 78.3 Å². The van der Waals surface area contributed by atoms with E-state index in [9.17, 15) is 4.79 Å². The van der Waals surface area contributed by atoms with Crippen LogP contribution in [-0.2, 0) is 13.6 Å². The van der Waals surface area contributed by atoms with E-state index < -0.39 is 0 Å². The largest absolute Gasteiger partial charge is 0.481 e. The first-order chi connectivity index (χ1) is 13.6. The molecule has 1 N–H and O–H groups in total. The molecule has 7 nitrogen and oxygen atoms in total. The molecule has 0 aliphatic carbocycles. The SMILES string of the molecule is COc1c2ccc(C(=O)NCc3ccc(Oc4nccs4)cc3)cc2nn1C. The number of aryl methyl sites for hydroxylation is 1. The molecule has 142 valence electrons. The molecule has 2 aromatic carbocycles. The lowest BCUT2D eigenvalue weighted by atomic mass is 10.1. The average Bonchev–Trinajstić information content (AvgIpc) is 3.33. The van der Waals surface area contributed by atoms with Gasteiger partial charge in [-0.2, -0.15) is 5.10 Å². The van der Waals surface area contributed by atoms with Gasteiger partial charge in [-0.3, -0.25) is 4.79 Å². The molecule has 0 saturated carbocycles. The summed E-state index contributed by atoms with van der Waals surface area (Å²) in [5.74, 6) is 1.22. The number of hydrogen-bond acceptors (Lipinski definition) is 6. The summed E-state index contributed by atoms with van der Waals surface area (Å²) in [6.07, 6.45) is 1.70. The highest BCUT2D eigenvalue weighted by atomic mass is 32.1. The summed E-state index contributed by atoms with van der Waals surface area (Å²) in [6, 6.07) is 12.9. The third-order valence-electron chi connectivity index (χ3n) is 4.23. The van der Waals surface area contributed by atoms with Crippen molar-refractivity contribution in [2.75, 3.05) is 7.11 Å². The maximum absolute atomic E-state index is 12.5. The first-order valence-corrected chi connectivity index (χ1v) is 9.47. The van der Waals surface area contributed by atoms with Gasteiger partial charge in [0, 0.05) is 30.7 Å². The highest BCUT2D eigenvalue weighted by molar-refractivity contribution is 7.11. The molecule has 0 saturated heterocycles. The summed E-state index contributed by atoms with van der Waals surface area (Å²) in [4.78, 5) is 16.6. The van der Waals surface area contributed by atoms with Gasteiger partial charge in [-0.15, -0.1) is 0 Å². The van der Waals surface area contributed by atoms with Gasteiger partial charge >= 0.3 is 0 Å². The van der Waals surface area contributed by atoms with Crippen molar-refractivity contribution in [1.82, 2.24) is 20.1 Å². The lowest BCUT2D eigenvalue weighted by Crippen LogP contribution is -2.22.